The van der Waals surface area contributed by atoms with E-state index in [1.807, 2.05) is 13.8 Å². The minimum absolute atomic E-state index is 0.226. The van der Waals surface area contributed by atoms with Crippen LogP contribution in [0.1, 0.15) is 13.8 Å². The van der Waals surface area contributed by atoms with Crippen LogP contribution in [0.2, 0.25) is 0 Å². The van der Waals surface area contributed by atoms with Crippen LogP contribution < -0.4 is 0 Å². The average Bonchev–Trinajstić information content (AvgIpc) is 2.06. The van der Waals surface area contributed by atoms with E-state index in [9.17, 15) is 0 Å². The third-order valence-corrected chi connectivity index (χ3v) is 5.19. The normalized spacial score (nSPS) is 23.3. The van der Waals surface area contributed by atoms with Gasteiger partial charge < -0.3 is 0 Å². The van der Waals surface area contributed by atoms with Gasteiger partial charge in [0.2, 0.25) is 0 Å². The molecule has 0 radical (unpaired) electrons. The minimum Gasteiger partial charge on any atom is -0.272 e. The number of nitrogens with zero attached hydrogens (tertiary/aromatic N) is 2. The Morgan fingerprint density at radius 1 is 1.27 bits per heavy atom. The molecule has 0 aromatic rings. The van der Waals surface area contributed by atoms with Crippen molar-refractivity contribution in [2.75, 3.05) is 0 Å². The Balaban J connectivity index is 3.06. The van der Waals surface area contributed by atoms with Crippen LogP contribution >= 0.6 is 56.7 Å². The van der Waals surface area contributed by atoms with E-state index < -0.39 is 0 Å². The molecule has 0 spiro atoms. The first-order valence-corrected chi connectivity index (χ1v) is 5.13. The molecule has 0 aromatic heterocycles. The third-order valence-electron chi connectivity index (χ3n) is 1.53. The van der Waals surface area contributed by atoms with Gasteiger partial charge in [-0.25, -0.2) is 3.93 Å². The molecule has 0 saturated carbocycles. The molecule has 1 aliphatic rings. The van der Waals surface area contributed by atoms with Gasteiger partial charge in [0.05, 0.1) is 37.8 Å². The van der Waals surface area contributed by atoms with Crippen molar-refractivity contribution in [1.82, 2.24) is 7.85 Å². The van der Waals surface area contributed by atoms with Gasteiger partial charge in [0, 0.05) is 0 Å². The molecule has 1 heterocycles. The summed E-state index contributed by atoms with van der Waals surface area (Å²) in [5.41, 5.74) is -0.226. The fourth-order valence-corrected chi connectivity index (χ4v) is 2.53. The quantitative estimate of drug-likeness (QED) is 0.500. The van der Waals surface area contributed by atoms with Crippen molar-refractivity contribution in [1.29, 1.82) is 0 Å². The van der Waals surface area contributed by atoms with Gasteiger partial charge in [0.15, 0.2) is 5.11 Å². The molecule has 0 aromatic carbocycles. The van der Waals surface area contributed by atoms with Gasteiger partial charge in [-0.05, 0) is 26.1 Å². The van der Waals surface area contributed by atoms with Crippen molar-refractivity contribution < 1.29 is 0 Å². The molecule has 2 nitrogen and oxygen atoms in total. The van der Waals surface area contributed by atoms with Crippen molar-refractivity contribution in [3.05, 3.63) is 0 Å². The van der Waals surface area contributed by atoms with Gasteiger partial charge in [-0.3, -0.25) is 3.93 Å². The highest BCUT2D eigenvalue weighted by Gasteiger charge is 2.44. The monoisotopic (exact) mass is 316 g/mol. The van der Waals surface area contributed by atoms with Gasteiger partial charge in [-0.1, -0.05) is 12.2 Å². The molecule has 11 heavy (non-hydrogen) atoms. The molecule has 1 saturated heterocycles. The molecule has 1 aliphatic heterocycles. The van der Waals surface area contributed by atoms with E-state index >= 15 is 0 Å². The van der Waals surface area contributed by atoms with Crippen LogP contribution in [-0.2, 0) is 0 Å². The lowest BCUT2D eigenvalue weighted by Crippen LogP contribution is -2.36. The zero-order chi connectivity index (χ0) is 8.81. The lowest BCUT2D eigenvalue weighted by Gasteiger charge is -2.23. The van der Waals surface area contributed by atoms with Crippen LogP contribution in [0.4, 0.5) is 0 Å². The van der Waals surface area contributed by atoms with Crippen LogP contribution in [0, 0.1) is 0 Å². The van der Waals surface area contributed by atoms with Gasteiger partial charge >= 0.3 is 0 Å². The Labute approximate surface area is 93.6 Å². The first-order valence-electron chi connectivity index (χ1n) is 2.89. The Kier molecular flexibility index (Phi) is 2.59. The summed E-state index contributed by atoms with van der Waals surface area (Å²) in [5, 5.41) is 0.639. The standard InChI is InChI=1S/C5H6Br2N2S2/c1-5(2)3(10)8(6)4(11)9(5)7/h1-2H3. The molecular formula is C5H6Br2N2S2. The summed E-state index contributed by atoms with van der Waals surface area (Å²) in [5.74, 6) is 0. The Morgan fingerprint density at radius 3 is 1.82 bits per heavy atom. The Bertz CT molecular complexity index is 229. The highest BCUT2D eigenvalue weighted by atomic mass is 79.9. The van der Waals surface area contributed by atoms with E-state index in [2.05, 4.69) is 32.3 Å². The molecule has 1 fully saturated rings. The molecule has 6 heteroatoms. The first-order chi connectivity index (χ1) is 4.89. The topological polar surface area (TPSA) is 6.48 Å². The van der Waals surface area contributed by atoms with Gasteiger partial charge in [-0.15, -0.1) is 0 Å². The van der Waals surface area contributed by atoms with Crippen LogP contribution in [0.15, 0.2) is 0 Å². The largest absolute Gasteiger partial charge is 0.272 e. The Morgan fingerprint density at radius 2 is 1.73 bits per heavy atom. The molecular weight excluding hydrogens is 312 g/mol. The SMILES string of the molecule is CC1(C)C(=S)N(Br)C(=S)N1Br. The maximum atomic E-state index is 5.15. The number of rotatable bonds is 0. The van der Waals surface area contributed by atoms with E-state index in [0.717, 1.165) is 4.99 Å². The van der Waals surface area contributed by atoms with Crippen molar-refractivity contribution in [2.24, 2.45) is 0 Å². The van der Waals surface area contributed by atoms with Gasteiger partial charge in [0.1, 0.15) is 4.99 Å². The van der Waals surface area contributed by atoms with E-state index in [-0.39, 0.29) is 5.54 Å². The van der Waals surface area contributed by atoms with Crippen LogP contribution in [0.25, 0.3) is 0 Å². The molecule has 1 rings (SSSR count). The molecule has 0 bridgehead atoms. The lowest BCUT2D eigenvalue weighted by molar-refractivity contribution is 0.502. The zero-order valence-electron chi connectivity index (χ0n) is 5.97. The van der Waals surface area contributed by atoms with Gasteiger partial charge in [0.25, 0.3) is 0 Å². The predicted octanol–water partition coefficient (Wildman–Crippen LogP) is 2.61. The fraction of sp³-hybridized carbons (Fsp3) is 0.600. The molecule has 0 N–H and O–H groups in total. The van der Waals surface area contributed by atoms with Crippen molar-refractivity contribution >= 4 is 66.8 Å². The maximum Gasteiger partial charge on any atom is 0.198 e. The third kappa shape index (κ3) is 1.34. The minimum atomic E-state index is -0.226. The summed E-state index contributed by atoms with van der Waals surface area (Å²) >= 11 is 16.8. The highest BCUT2D eigenvalue weighted by molar-refractivity contribution is 9.08. The van der Waals surface area contributed by atoms with Crippen molar-refractivity contribution in [2.45, 2.75) is 19.4 Å². The summed E-state index contributed by atoms with van der Waals surface area (Å²) in [6.07, 6.45) is 0. The number of halogens is 2. The fourth-order valence-electron chi connectivity index (χ4n) is 0.727. The van der Waals surface area contributed by atoms with Crippen LogP contribution in [-0.4, -0.2) is 23.5 Å². The number of thiocarbonyl (C=S) groups is 2. The second kappa shape index (κ2) is 2.90. The smallest absolute Gasteiger partial charge is 0.198 e. The molecule has 0 atom stereocenters. The van der Waals surface area contributed by atoms with E-state index in [4.69, 9.17) is 24.4 Å². The summed E-state index contributed by atoms with van der Waals surface area (Å²) in [7, 11) is 0. The summed E-state index contributed by atoms with van der Waals surface area (Å²) in [6.45, 7) is 4.00. The first kappa shape index (κ1) is 9.83. The zero-order valence-corrected chi connectivity index (χ0v) is 10.8. The van der Waals surface area contributed by atoms with E-state index in [0.29, 0.717) is 5.11 Å². The van der Waals surface area contributed by atoms with Crippen LogP contribution in [0.3, 0.4) is 0 Å². The second-order valence-electron chi connectivity index (χ2n) is 2.71. The maximum absolute atomic E-state index is 5.15. The van der Waals surface area contributed by atoms with Crippen LogP contribution in [0.5, 0.6) is 0 Å². The number of hydrogen-bond acceptors (Lipinski definition) is 2. The van der Waals surface area contributed by atoms with E-state index in [1.165, 1.54) is 0 Å². The summed E-state index contributed by atoms with van der Waals surface area (Å²) in [4.78, 5) is 0.763. The second-order valence-corrected chi connectivity index (χ2v) is 4.88. The Hall–Kier alpha value is 0.740. The molecule has 0 amide bonds. The van der Waals surface area contributed by atoms with E-state index in [1.54, 1.807) is 7.85 Å². The molecule has 0 aliphatic carbocycles. The van der Waals surface area contributed by atoms with Crippen molar-refractivity contribution in [3.8, 4) is 0 Å². The predicted molar refractivity (Wildman–Crippen MR) is 60.8 cm³/mol. The molecule has 62 valence electrons. The van der Waals surface area contributed by atoms with Gasteiger partial charge in [-0.2, -0.15) is 0 Å². The van der Waals surface area contributed by atoms with Crippen molar-refractivity contribution in [3.63, 3.8) is 0 Å². The summed E-state index contributed by atoms with van der Waals surface area (Å²) < 4.78 is 3.43. The molecule has 0 unspecified atom stereocenters. The average molecular weight is 318 g/mol. The summed E-state index contributed by atoms with van der Waals surface area (Å²) in [6, 6.07) is 0. The lowest BCUT2D eigenvalue weighted by atomic mass is 10.1. The number of hydrogen-bond donors (Lipinski definition) is 0. The highest BCUT2D eigenvalue weighted by Crippen LogP contribution is 2.33.